The standard InChI is InChI=1S/C10H11ClN2/c1-6(12)9-5-13-10-4-7(11)2-3-8(9)10/h2-6,13H,12H2,1H3/t6-/m1/s1. The fourth-order valence-corrected chi connectivity index (χ4v) is 1.67. The third-order valence-corrected chi connectivity index (χ3v) is 2.40. The van der Waals surface area contributed by atoms with Crippen LogP contribution in [0.25, 0.3) is 10.9 Å². The lowest BCUT2D eigenvalue weighted by atomic mass is 10.1. The number of fused-ring (bicyclic) bond motifs is 1. The molecule has 0 bridgehead atoms. The molecule has 3 N–H and O–H groups in total. The van der Waals surface area contributed by atoms with E-state index in [4.69, 9.17) is 17.3 Å². The smallest absolute Gasteiger partial charge is 0.0472 e. The first kappa shape index (κ1) is 8.60. The molecule has 0 spiro atoms. The number of nitrogens with one attached hydrogen (secondary N) is 1. The molecule has 1 aromatic heterocycles. The normalized spacial score (nSPS) is 13.5. The van der Waals surface area contributed by atoms with Crippen molar-refractivity contribution >= 4 is 22.5 Å². The molecule has 0 aliphatic carbocycles. The van der Waals surface area contributed by atoms with Gasteiger partial charge in [-0.05, 0) is 24.6 Å². The molecule has 1 aromatic carbocycles. The Labute approximate surface area is 81.7 Å². The van der Waals surface area contributed by atoms with E-state index in [0.29, 0.717) is 0 Å². The van der Waals surface area contributed by atoms with Gasteiger partial charge in [0.2, 0.25) is 0 Å². The number of hydrogen-bond acceptors (Lipinski definition) is 1. The Morgan fingerprint density at radius 2 is 2.23 bits per heavy atom. The zero-order valence-electron chi connectivity index (χ0n) is 7.34. The molecular formula is C10H11ClN2. The van der Waals surface area contributed by atoms with Crippen LogP contribution >= 0.6 is 11.6 Å². The third kappa shape index (κ3) is 1.43. The molecule has 2 rings (SSSR count). The van der Waals surface area contributed by atoms with E-state index >= 15 is 0 Å². The van der Waals surface area contributed by atoms with Gasteiger partial charge in [0.25, 0.3) is 0 Å². The topological polar surface area (TPSA) is 41.8 Å². The fraction of sp³-hybridized carbons (Fsp3) is 0.200. The maximum Gasteiger partial charge on any atom is 0.0472 e. The molecule has 2 aromatic rings. The van der Waals surface area contributed by atoms with Crippen molar-refractivity contribution in [3.05, 3.63) is 35.0 Å². The highest BCUT2D eigenvalue weighted by molar-refractivity contribution is 6.31. The molecule has 2 nitrogen and oxygen atoms in total. The van der Waals surface area contributed by atoms with E-state index < -0.39 is 0 Å². The second-order valence-corrected chi connectivity index (χ2v) is 3.66. The number of nitrogens with two attached hydrogens (primary N) is 1. The molecular weight excluding hydrogens is 184 g/mol. The van der Waals surface area contributed by atoms with Crippen molar-refractivity contribution in [2.24, 2.45) is 5.73 Å². The van der Waals surface area contributed by atoms with Gasteiger partial charge >= 0.3 is 0 Å². The average molecular weight is 195 g/mol. The first-order valence-electron chi connectivity index (χ1n) is 4.20. The predicted octanol–water partition coefficient (Wildman–Crippen LogP) is 2.84. The van der Waals surface area contributed by atoms with Crippen molar-refractivity contribution in [2.75, 3.05) is 0 Å². The van der Waals surface area contributed by atoms with E-state index in [9.17, 15) is 0 Å². The Kier molecular flexibility index (Phi) is 2.02. The summed E-state index contributed by atoms with van der Waals surface area (Å²) >= 11 is 5.86. The first-order valence-corrected chi connectivity index (χ1v) is 4.58. The van der Waals surface area contributed by atoms with Crippen LogP contribution in [0.4, 0.5) is 0 Å². The van der Waals surface area contributed by atoms with Crippen LogP contribution in [0.15, 0.2) is 24.4 Å². The summed E-state index contributed by atoms with van der Waals surface area (Å²) in [6, 6.07) is 5.83. The van der Waals surface area contributed by atoms with Gasteiger partial charge in [-0.15, -0.1) is 0 Å². The van der Waals surface area contributed by atoms with Crippen LogP contribution in [-0.4, -0.2) is 4.98 Å². The second kappa shape index (κ2) is 3.05. The highest BCUT2D eigenvalue weighted by Gasteiger charge is 2.06. The second-order valence-electron chi connectivity index (χ2n) is 3.22. The Morgan fingerprint density at radius 1 is 1.46 bits per heavy atom. The molecule has 1 atom stereocenters. The molecule has 0 saturated heterocycles. The summed E-state index contributed by atoms with van der Waals surface area (Å²) in [6.45, 7) is 1.97. The quantitative estimate of drug-likeness (QED) is 0.720. The van der Waals surface area contributed by atoms with E-state index in [2.05, 4.69) is 4.98 Å². The van der Waals surface area contributed by atoms with Gasteiger partial charge < -0.3 is 10.7 Å². The highest BCUT2D eigenvalue weighted by atomic mass is 35.5. The van der Waals surface area contributed by atoms with Crippen molar-refractivity contribution in [1.29, 1.82) is 0 Å². The van der Waals surface area contributed by atoms with Crippen molar-refractivity contribution in [1.82, 2.24) is 4.98 Å². The van der Waals surface area contributed by atoms with Crippen LogP contribution in [0.2, 0.25) is 5.02 Å². The maximum absolute atomic E-state index is 5.86. The van der Waals surface area contributed by atoms with E-state index in [1.54, 1.807) is 0 Å². The molecule has 13 heavy (non-hydrogen) atoms. The summed E-state index contributed by atoms with van der Waals surface area (Å²) in [5, 5.41) is 1.89. The molecule has 0 aliphatic heterocycles. The van der Waals surface area contributed by atoms with E-state index in [1.165, 1.54) is 0 Å². The minimum Gasteiger partial charge on any atom is -0.361 e. The Balaban J connectivity index is 2.69. The summed E-state index contributed by atoms with van der Waals surface area (Å²) in [4.78, 5) is 3.15. The van der Waals surface area contributed by atoms with Crippen LogP contribution in [0, 0.1) is 0 Å². The van der Waals surface area contributed by atoms with Crippen LogP contribution in [0.1, 0.15) is 18.5 Å². The SMILES string of the molecule is C[C@@H](N)c1c[nH]c2cc(Cl)ccc12. The van der Waals surface area contributed by atoms with Crippen molar-refractivity contribution in [3.8, 4) is 0 Å². The van der Waals surface area contributed by atoms with Crippen molar-refractivity contribution < 1.29 is 0 Å². The molecule has 68 valence electrons. The van der Waals surface area contributed by atoms with E-state index in [1.807, 2.05) is 31.3 Å². The lowest BCUT2D eigenvalue weighted by Crippen LogP contribution is -2.03. The summed E-state index contributed by atoms with van der Waals surface area (Å²) in [6.07, 6.45) is 1.94. The predicted molar refractivity (Wildman–Crippen MR) is 55.9 cm³/mol. The number of aromatic amines is 1. The molecule has 0 radical (unpaired) electrons. The fourth-order valence-electron chi connectivity index (χ4n) is 1.50. The van der Waals surface area contributed by atoms with Gasteiger partial charge in [0.05, 0.1) is 0 Å². The van der Waals surface area contributed by atoms with E-state index in [-0.39, 0.29) is 6.04 Å². The summed E-state index contributed by atoms with van der Waals surface area (Å²) in [5.74, 6) is 0. The molecule has 0 amide bonds. The largest absolute Gasteiger partial charge is 0.361 e. The van der Waals surface area contributed by atoms with Gasteiger partial charge in [-0.2, -0.15) is 0 Å². The minimum atomic E-state index is 0.0509. The maximum atomic E-state index is 5.86. The summed E-state index contributed by atoms with van der Waals surface area (Å²) in [5.41, 5.74) is 7.98. The minimum absolute atomic E-state index is 0.0509. The van der Waals surface area contributed by atoms with Crippen LogP contribution < -0.4 is 5.73 Å². The van der Waals surface area contributed by atoms with Gasteiger partial charge in [-0.3, -0.25) is 0 Å². The van der Waals surface area contributed by atoms with Crippen LogP contribution in [0.5, 0.6) is 0 Å². The zero-order valence-corrected chi connectivity index (χ0v) is 8.10. The van der Waals surface area contributed by atoms with Gasteiger partial charge in [-0.25, -0.2) is 0 Å². The van der Waals surface area contributed by atoms with Crippen LogP contribution in [0.3, 0.4) is 0 Å². The van der Waals surface area contributed by atoms with Crippen molar-refractivity contribution in [3.63, 3.8) is 0 Å². The van der Waals surface area contributed by atoms with Gasteiger partial charge in [0.15, 0.2) is 0 Å². The van der Waals surface area contributed by atoms with Gasteiger partial charge in [-0.1, -0.05) is 17.7 Å². The average Bonchev–Trinajstić information content (AvgIpc) is 2.46. The summed E-state index contributed by atoms with van der Waals surface area (Å²) < 4.78 is 0. The van der Waals surface area contributed by atoms with E-state index in [0.717, 1.165) is 21.5 Å². The van der Waals surface area contributed by atoms with Crippen molar-refractivity contribution in [2.45, 2.75) is 13.0 Å². The molecule has 1 heterocycles. The number of hydrogen-bond donors (Lipinski definition) is 2. The lowest BCUT2D eigenvalue weighted by molar-refractivity contribution is 0.826. The lowest BCUT2D eigenvalue weighted by Gasteiger charge is -2.01. The van der Waals surface area contributed by atoms with Gasteiger partial charge in [0.1, 0.15) is 0 Å². The Bertz CT molecular complexity index is 431. The summed E-state index contributed by atoms with van der Waals surface area (Å²) in [7, 11) is 0. The number of H-pyrrole nitrogens is 1. The zero-order chi connectivity index (χ0) is 9.42. The first-order chi connectivity index (χ1) is 6.18. The molecule has 0 fully saturated rings. The third-order valence-electron chi connectivity index (χ3n) is 2.17. The number of benzene rings is 1. The number of aromatic nitrogens is 1. The Hall–Kier alpha value is -0.990. The Morgan fingerprint density at radius 3 is 2.92 bits per heavy atom. The number of halogens is 1. The monoisotopic (exact) mass is 194 g/mol. The highest BCUT2D eigenvalue weighted by Crippen LogP contribution is 2.24. The van der Waals surface area contributed by atoms with Crippen LogP contribution in [-0.2, 0) is 0 Å². The molecule has 0 unspecified atom stereocenters. The number of rotatable bonds is 1. The van der Waals surface area contributed by atoms with Gasteiger partial charge in [0, 0.05) is 28.2 Å². The molecule has 0 saturated carbocycles. The molecule has 0 aliphatic rings. The molecule has 3 heteroatoms.